The third kappa shape index (κ3) is 2.55. The molecule has 1 amide bonds. The molecule has 0 saturated heterocycles. The second-order valence-corrected chi connectivity index (χ2v) is 5.44. The first-order chi connectivity index (χ1) is 10.2. The number of carbonyl (C=O) groups is 1. The summed E-state index contributed by atoms with van der Waals surface area (Å²) in [5.74, 6) is 0.282. The van der Waals surface area contributed by atoms with Crippen LogP contribution in [0.25, 0.3) is 10.9 Å². The fourth-order valence-electron chi connectivity index (χ4n) is 2.56. The Morgan fingerprint density at radius 3 is 2.57 bits per heavy atom. The van der Waals surface area contributed by atoms with E-state index in [0.717, 1.165) is 22.2 Å². The van der Waals surface area contributed by atoms with Crippen LogP contribution in [0.4, 0.5) is 5.69 Å². The number of rotatable bonds is 3. The largest absolute Gasteiger partial charge is 0.360 e. The summed E-state index contributed by atoms with van der Waals surface area (Å²) >= 11 is 0. The summed E-state index contributed by atoms with van der Waals surface area (Å²) in [6.07, 6.45) is 1.76. The molecule has 0 fully saturated rings. The molecule has 3 heteroatoms. The number of aromatic nitrogens is 1. The predicted molar refractivity (Wildman–Crippen MR) is 86.8 cm³/mol. The van der Waals surface area contributed by atoms with Gasteiger partial charge in [0, 0.05) is 22.8 Å². The second-order valence-electron chi connectivity index (χ2n) is 5.44. The summed E-state index contributed by atoms with van der Waals surface area (Å²) in [7, 11) is 0. The number of para-hydroxylation sites is 2. The molecule has 3 aromatic rings. The van der Waals surface area contributed by atoms with Gasteiger partial charge in [-0.25, -0.2) is 0 Å². The molecule has 21 heavy (non-hydrogen) atoms. The highest BCUT2D eigenvalue weighted by Crippen LogP contribution is 2.25. The number of nitrogens with one attached hydrogen (secondary N) is 2. The van der Waals surface area contributed by atoms with Crippen LogP contribution in [0.5, 0.6) is 0 Å². The normalized spacial score (nSPS) is 11.0. The Kier molecular flexibility index (Phi) is 3.48. The number of benzene rings is 2. The first kappa shape index (κ1) is 13.4. The van der Waals surface area contributed by atoms with Crippen molar-refractivity contribution in [3.05, 3.63) is 65.9 Å². The van der Waals surface area contributed by atoms with Crippen LogP contribution >= 0.6 is 0 Å². The summed E-state index contributed by atoms with van der Waals surface area (Å²) in [6.45, 7) is 4.24. The van der Waals surface area contributed by atoms with Gasteiger partial charge in [0.25, 0.3) is 5.91 Å². The fraction of sp³-hybridized carbons (Fsp3) is 0.167. The minimum absolute atomic E-state index is 0.0828. The first-order valence-corrected chi connectivity index (χ1v) is 7.13. The quantitative estimate of drug-likeness (QED) is 0.725. The average molecular weight is 278 g/mol. The molecule has 0 saturated carbocycles. The van der Waals surface area contributed by atoms with Crippen molar-refractivity contribution in [2.45, 2.75) is 19.8 Å². The van der Waals surface area contributed by atoms with Gasteiger partial charge in [-0.2, -0.15) is 0 Å². The van der Waals surface area contributed by atoms with Gasteiger partial charge in [-0.1, -0.05) is 50.2 Å². The SMILES string of the molecule is CC(C)c1ccccc1NC(=O)c1c[nH]c2ccccc12. The van der Waals surface area contributed by atoms with Gasteiger partial charge < -0.3 is 10.3 Å². The highest BCUT2D eigenvalue weighted by Gasteiger charge is 2.14. The summed E-state index contributed by atoms with van der Waals surface area (Å²) in [5, 5.41) is 3.97. The zero-order valence-electron chi connectivity index (χ0n) is 12.2. The van der Waals surface area contributed by atoms with Crippen LogP contribution in [-0.4, -0.2) is 10.9 Å². The van der Waals surface area contributed by atoms with Crippen molar-refractivity contribution in [2.75, 3.05) is 5.32 Å². The molecule has 0 unspecified atom stereocenters. The van der Waals surface area contributed by atoms with Crippen LogP contribution in [-0.2, 0) is 0 Å². The van der Waals surface area contributed by atoms with Crippen molar-refractivity contribution in [3.8, 4) is 0 Å². The highest BCUT2D eigenvalue weighted by atomic mass is 16.1. The van der Waals surface area contributed by atoms with E-state index in [1.807, 2.05) is 42.5 Å². The van der Waals surface area contributed by atoms with Crippen LogP contribution in [0.15, 0.2) is 54.7 Å². The van der Waals surface area contributed by atoms with E-state index in [4.69, 9.17) is 0 Å². The lowest BCUT2D eigenvalue weighted by Crippen LogP contribution is -2.13. The second kappa shape index (κ2) is 5.44. The number of H-pyrrole nitrogens is 1. The van der Waals surface area contributed by atoms with Crippen molar-refractivity contribution >= 4 is 22.5 Å². The minimum atomic E-state index is -0.0828. The van der Waals surface area contributed by atoms with Gasteiger partial charge in [0.05, 0.1) is 5.56 Å². The molecule has 0 aliphatic heterocycles. The Morgan fingerprint density at radius 1 is 1.05 bits per heavy atom. The van der Waals surface area contributed by atoms with Crippen molar-refractivity contribution in [3.63, 3.8) is 0 Å². The topological polar surface area (TPSA) is 44.9 Å². The highest BCUT2D eigenvalue weighted by molar-refractivity contribution is 6.13. The molecule has 0 aliphatic rings. The van der Waals surface area contributed by atoms with E-state index >= 15 is 0 Å². The molecule has 1 aromatic heterocycles. The van der Waals surface area contributed by atoms with Crippen molar-refractivity contribution in [2.24, 2.45) is 0 Å². The number of fused-ring (bicyclic) bond motifs is 1. The van der Waals surface area contributed by atoms with Gasteiger partial charge in [0.15, 0.2) is 0 Å². The summed E-state index contributed by atoms with van der Waals surface area (Å²) in [4.78, 5) is 15.7. The Balaban J connectivity index is 1.94. The van der Waals surface area contributed by atoms with Gasteiger partial charge in [-0.15, -0.1) is 0 Å². The molecule has 1 heterocycles. The Labute approximate surface area is 124 Å². The number of aromatic amines is 1. The molecular formula is C18H18N2O. The molecule has 106 valence electrons. The molecule has 3 nitrogen and oxygen atoms in total. The summed E-state index contributed by atoms with van der Waals surface area (Å²) < 4.78 is 0. The maximum Gasteiger partial charge on any atom is 0.257 e. The standard InChI is InChI=1S/C18H18N2O/c1-12(2)13-7-3-6-10-17(13)20-18(21)15-11-19-16-9-5-4-8-14(15)16/h3-12,19H,1-2H3,(H,20,21). The van der Waals surface area contributed by atoms with E-state index in [1.165, 1.54) is 0 Å². The van der Waals surface area contributed by atoms with E-state index in [-0.39, 0.29) is 5.91 Å². The molecule has 0 spiro atoms. The number of hydrogen-bond acceptors (Lipinski definition) is 1. The number of carbonyl (C=O) groups excluding carboxylic acids is 1. The molecule has 2 aromatic carbocycles. The lowest BCUT2D eigenvalue weighted by atomic mass is 10.0. The Morgan fingerprint density at radius 2 is 1.76 bits per heavy atom. The van der Waals surface area contributed by atoms with Crippen LogP contribution in [0.3, 0.4) is 0 Å². The molecule has 0 radical (unpaired) electrons. The Bertz CT molecular complexity index is 787. The lowest BCUT2D eigenvalue weighted by molar-refractivity contribution is 0.102. The lowest BCUT2D eigenvalue weighted by Gasteiger charge is -2.13. The van der Waals surface area contributed by atoms with Crippen LogP contribution in [0.1, 0.15) is 35.7 Å². The molecule has 3 rings (SSSR count). The molecule has 0 bridgehead atoms. The zero-order chi connectivity index (χ0) is 14.8. The molecule has 2 N–H and O–H groups in total. The van der Waals surface area contributed by atoms with Crippen LogP contribution in [0.2, 0.25) is 0 Å². The van der Waals surface area contributed by atoms with Crippen molar-refractivity contribution < 1.29 is 4.79 Å². The van der Waals surface area contributed by atoms with Gasteiger partial charge >= 0.3 is 0 Å². The summed E-state index contributed by atoms with van der Waals surface area (Å²) in [6, 6.07) is 15.7. The van der Waals surface area contributed by atoms with E-state index in [0.29, 0.717) is 11.5 Å². The van der Waals surface area contributed by atoms with Crippen LogP contribution < -0.4 is 5.32 Å². The zero-order valence-corrected chi connectivity index (χ0v) is 12.2. The number of amides is 1. The van der Waals surface area contributed by atoms with Gasteiger partial charge in [-0.3, -0.25) is 4.79 Å². The maximum atomic E-state index is 12.5. The third-order valence-corrected chi connectivity index (χ3v) is 3.66. The average Bonchev–Trinajstić information content (AvgIpc) is 2.91. The van der Waals surface area contributed by atoms with Gasteiger partial charge in [0.1, 0.15) is 0 Å². The predicted octanol–water partition coefficient (Wildman–Crippen LogP) is 4.54. The van der Waals surface area contributed by atoms with E-state index in [2.05, 4.69) is 30.2 Å². The molecule has 0 atom stereocenters. The molecular weight excluding hydrogens is 260 g/mol. The van der Waals surface area contributed by atoms with Gasteiger partial charge in [0.2, 0.25) is 0 Å². The summed E-state index contributed by atoms with van der Waals surface area (Å²) in [5.41, 5.74) is 3.66. The van der Waals surface area contributed by atoms with E-state index in [9.17, 15) is 4.79 Å². The van der Waals surface area contributed by atoms with Crippen molar-refractivity contribution in [1.82, 2.24) is 4.98 Å². The van der Waals surface area contributed by atoms with E-state index in [1.54, 1.807) is 6.20 Å². The first-order valence-electron chi connectivity index (χ1n) is 7.13. The third-order valence-electron chi connectivity index (χ3n) is 3.66. The fourth-order valence-corrected chi connectivity index (χ4v) is 2.56. The van der Waals surface area contributed by atoms with Gasteiger partial charge in [-0.05, 0) is 23.6 Å². The van der Waals surface area contributed by atoms with Crippen LogP contribution in [0, 0.1) is 0 Å². The van der Waals surface area contributed by atoms with Crippen molar-refractivity contribution in [1.29, 1.82) is 0 Å². The maximum absolute atomic E-state index is 12.5. The van der Waals surface area contributed by atoms with E-state index < -0.39 is 0 Å². The number of hydrogen-bond donors (Lipinski definition) is 2. The monoisotopic (exact) mass is 278 g/mol. The minimum Gasteiger partial charge on any atom is -0.360 e. The smallest absolute Gasteiger partial charge is 0.257 e. The Hall–Kier alpha value is -2.55. The molecule has 0 aliphatic carbocycles. The number of anilines is 1.